The molecule has 0 aromatic heterocycles. The number of methoxy groups -OCH3 is 1. The van der Waals surface area contributed by atoms with E-state index in [4.69, 9.17) is 22.1 Å². The average Bonchev–Trinajstić information content (AvgIpc) is 2.44. The fraction of sp³-hybridized carbons (Fsp3) is 0.250. The van der Waals surface area contributed by atoms with Crippen molar-refractivity contribution in [2.75, 3.05) is 7.11 Å². The van der Waals surface area contributed by atoms with Crippen molar-refractivity contribution in [2.24, 2.45) is 5.73 Å². The second-order valence-electron chi connectivity index (χ2n) is 4.78. The van der Waals surface area contributed by atoms with Gasteiger partial charge in [0, 0.05) is 10.0 Å². The predicted octanol–water partition coefficient (Wildman–Crippen LogP) is 4.78. The smallest absolute Gasteiger partial charge is 0.127 e. The highest BCUT2D eigenvalue weighted by Crippen LogP contribution is 2.34. The van der Waals surface area contributed by atoms with E-state index in [2.05, 4.69) is 28.9 Å². The molecule has 106 valence electrons. The Balaban J connectivity index is 2.50. The second kappa shape index (κ2) is 6.17. The number of halogens is 2. The molecule has 0 heterocycles. The Bertz CT molecular complexity index is 643. The highest BCUT2D eigenvalue weighted by molar-refractivity contribution is 9.10. The zero-order valence-corrected chi connectivity index (χ0v) is 14.0. The van der Waals surface area contributed by atoms with Crippen molar-refractivity contribution in [2.45, 2.75) is 19.9 Å². The van der Waals surface area contributed by atoms with Gasteiger partial charge in [-0.25, -0.2) is 0 Å². The number of aryl methyl sites for hydroxylation is 1. The molecule has 0 saturated carbocycles. The zero-order valence-electron chi connectivity index (χ0n) is 11.7. The van der Waals surface area contributed by atoms with E-state index in [1.807, 2.05) is 31.2 Å². The van der Waals surface area contributed by atoms with Gasteiger partial charge in [-0.2, -0.15) is 0 Å². The molecule has 2 aromatic rings. The first-order valence-corrected chi connectivity index (χ1v) is 7.47. The molecule has 4 heteroatoms. The SMILES string of the molecule is COc1c(C(N)c2ccc(Cl)c(Br)c2)ccc(C)c1C. The maximum absolute atomic E-state index is 6.39. The Labute approximate surface area is 133 Å². The zero-order chi connectivity index (χ0) is 14.9. The molecule has 2 aromatic carbocycles. The van der Waals surface area contributed by atoms with Gasteiger partial charge in [-0.15, -0.1) is 0 Å². The molecular formula is C16H17BrClNO. The first-order chi connectivity index (χ1) is 9.45. The summed E-state index contributed by atoms with van der Waals surface area (Å²) in [5.41, 5.74) is 10.7. The number of hydrogen-bond acceptors (Lipinski definition) is 2. The summed E-state index contributed by atoms with van der Waals surface area (Å²) in [5, 5.41) is 0.674. The summed E-state index contributed by atoms with van der Waals surface area (Å²) in [6.07, 6.45) is 0. The van der Waals surface area contributed by atoms with Crippen LogP contribution >= 0.6 is 27.5 Å². The number of ether oxygens (including phenoxy) is 1. The van der Waals surface area contributed by atoms with Crippen molar-refractivity contribution in [1.29, 1.82) is 0 Å². The summed E-state index contributed by atoms with van der Waals surface area (Å²) in [5.74, 6) is 0.851. The first kappa shape index (κ1) is 15.4. The molecule has 0 radical (unpaired) electrons. The molecule has 1 atom stereocenters. The van der Waals surface area contributed by atoms with Crippen molar-refractivity contribution in [3.05, 3.63) is 62.1 Å². The van der Waals surface area contributed by atoms with Crippen LogP contribution in [0.25, 0.3) is 0 Å². The monoisotopic (exact) mass is 353 g/mol. The summed E-state index contributed by atoms with van der Waals surface area (Å²) in [6.45, 7) is 4.11. The van der Waals surface area contributed by atoms with Crippen molar-refractivity contribution >= 4 is 27.5 Å². The lowest BCUT2D eigenvalue weighted by molar-refractivity contribution is 0.404. The minimum Gasteiger partial charge on any atom is -0.496 e. The normalized spacial score (nSPS) is 12.3. The molecule has 0 amide bonds. The maximum Gasteiger partial charge on any atom is 0.127 e. The van der Waals surface area contributed by atoms with Crippen LogP contribution in [0, 0.1) is 13.8 Å². The van der Waals surface area contributed by atoms with Gasteiger partial charge in [-0.05, 0) is 58.6 Å². The molecule has 0 bridgehead atoms. The summed E-state index contributed by atoms with van der Waals surface area (Å²) >= 11 is 9.45. The Morgan fingerprint density at radius 2 is 1.90 bits per heavy atom. The van der Waals surface area contributed by atoms with E-state index in [0.29, 0.717) is 5.02 Å². The molecule has 0 spiro atoms. The molecule has 2 nitrogen and oxygen atoms in total. The molecule has 0 fully saturated rings. The Hall–Kier alpha value is -1.03. The topological polar surface area (TPSA) is 35.2 Å². The Morgan fingerprint density at radius 1 is 1.20 bits per heavy atom. The molecule has 0 aliphatic rings. The Kier molecular flexibility index (Phi) is 4.74. The van der Waals surface area contributed by atoms with Crippen LogP contribution in [0.15, 0.2) is 34.8 Å². The summed E-state index contributed by atoms with van der Waals surface area (Å²) < 4.78 is 6.38. The van der Waals surface area contributed by atoms with E-state index in [1.54, 1.807) is 7.11 Å². The summed E-state index contributed by atoms with van der Waals surface area (Å²) in [7, 11) is 1.68. The van der Waals surface area contributed by atoms with E-state index in [9.17, 15) is 0 Å². The van der Waals surface area contributed by atoms with Gasteiger partial charge >= 0.3 is 0 Å². The highest BCUT2D eigenvalue weighted by Gasteiger charge is 2.17. The minimum atomic E-state index is -0.252. The maximum atomic E-state index is 6.39. The molecule has 0 aliphatic carbocycles. The molecule has 2 N–H and O–H groups in total. The van der Waals surface area contributed by atoms with Crippen LogP contribution in [-0.2, 0) is 0 Å². The fourth-order valence-electron chi connectivity index (χ4n) is 2.21. The van der Waals surface area contributed by atoms with E-state index < -0.39 is 0 Å². The van der Waals surface area contributed by atoms with E-state index in [1.165, 1.54) is 5.56 Å². The van der Waals surface area contributed by atoms with Gasteiger partial charge in [0.2, 0.25) is 0 Å². The fourth-order valence-corrected chi connectivity index (χ4v) is 2.73. The van der Waals surface area contributed by atoms with Gasteiger partial charge < -0.3 is 10.5 Å². The van der Waals surface area contributed by atoms with Gasteiger partial charge in [0.05, 0.1) is 18.2 Å². The molecule has 2 rings (SSSR count). The minimum absolute atomic E-state index is 0.252. The van der Waals surface area contributed by atoms with E-state index >= 15 is 0 Å². The van der Waals surface area contributed by atoms with Gasteiger partial charge in [-0.3, -0.25) is 0 Å². The van der Waals surface area contributed by atoms with Crippen molar-refractivity contribution in [1.82, 2.24) is 0 Å². The molecule has 1 unspecified atom stereocenters. The first-order valence-electron chi connectivity index (χ1n) is 6.30. The van der Waals surface area contributed by atoms with Crippen LogP contribution in [0.5, 0.6) is 5.75 Å². The van der Waals surface area contributed by atoms with Crippen LogP contribution in [0.4, 0.5) is 0 Å². The lowest BCUT2D eigenvalue weighted by Crippen LogP contribution is -2.14. The molecular weight excluding hydrogens is 338 g/mol. The molecule has 0 saturated heterocycles. The van der Waals surface area contributed by atoms with Crippen LogP contribution in [-0.4, -0.2) is 7.11 Å². The van der Waals surface area contributed by atoms with Crippen molar-refractivity contribution in [3.8, 4) is 5.75 Å². The average molecular weight is 355 g/mol. The number of nitrogens with two attached hydrogens (primary N) is 1. The third kappa shape index (κ3) is 2.85. The second-order valence-corrected chi connectivity index (χ2v) is 6.04. The third-order valence-electron chi connectivity index (χ3n) is 3.55. The van der Waals surface area contributed by atoms with Crippen molar-refractivity contribution in [3.63, 3.8) is 0 Å². The molecule has 0 aliphatic heterocycles. The van der Waals surface area contributed by atoms with Gasteiger partial charge in [0.15, 0.2) is 0 Å². The highest BCUT2D eigenvalue weighted by atomic mass is 79.9. The van der Waals surface area contributed by atoms with Crippen LogP contribution in [0.3, 0.4) is 0 Å². The van der Waals surface area contributed by atoms with Crippen LogP contribution in [0.2, 0.25) is 5.02 Å². The van der Waals surface area contributed by atoms with Gasteiger partial charge in [0.1, 0.15) is 5.75 Å². The van der Waals surface area contributed by atoms with Gasteiger partial charge in [0.25, 0.3) is 0 Å². The van der Waals surface area contributed by atoms with E-state index in [0.717, 1.165) is 26.9 Å². The summed E-state index contributed by atoms with van der Waals surface area (Å²) in [4.78, 5) is 0. The lowest BCUT2D eigenvalue weighted by atomic mass is 9.95. The van der Waals surface area contributed by atoms with Crippen molar-refractivity contribution < 1.29 is 4.74 Å². The largest absolute Gasteiger partial charge is 0.496 e. The van der Waals surface area contributed by atoms with Crippen LogP contribution in [0.1, 0.15) is 28.3 Å². The van der Waals surface area contributed by atoms with Gasteiger partial charge in [-0.1, -0.05) is 29.8 Å². The summed E-state index contributed by atoms with van der Waals surface area (Å²) in [6, 6.07) is 9.56. The lowest BCUT2D eigenvalue weighted by Gasteiger charge is -2.19. The number of rotatable bonds is 3. The van der Waals surface area contributed by atoms with Crippen LogP contribution < -0.4 is 10.5 Å². The predicted molar refractivity (Wildman–Crippen MR) is 87.7 cm³/mol. The Morgan fingerprint density at radius 3 is 2.50 bits per heavy atom. The number of benzene rings is 2. The molecule has 20 heavy (non-hydrogen) atoms. The quantitative estimate of drug-likeness (QED) is 0.861. The van der Waals surface area contributed by atoms with E-state index in [-0.39, 0.29) is 6.04 Å². The standard InChI is InChI=1S/C16H17BrClNO/c1-9-4-6-12(16(20-3)10(9)2)15(19)11-5-7-14(18)13(17)8-11/h4-8,15H,19H2,1-3H3. The third-order valence-corrected chi connectivity index (χ3v) is 4.76. The number of hydrogen-bond donors (Lipinski definition) is 1.